The highest BCUT2D eigenvalue weighted by Crippen LogP contribution is 2.61. The Labute approximate surface area is 138 Å². The Morgan fingerprint density at radius 1 is 0.957 bits per heavy atom. The Balaban J connectivity index is 2.46. The topological polar surface area (TPSA) is 47.6 Å². The smallest absolute Gasteiger partial charge is 0.357 e. The third kappa shape index (κ3) is 4.44. The molecule has 1 N–H and O–H groups in total. The van der Waals surface area contributed by atoms with Crippen molar-refractivity contribution in [1.29, 1.82) is 0 Å². The second kappa shape index (κ2) is 8.30. The fourth-order valence-corrected chi connectivity index (χ4v) is 4.49. The van der Waals surface area contributed by atoms with Crippen LogP contribution in [0.5, 0.6) is 0 Å². The van der Waals surface area contributed by atoms with Crippen LogP contribution in [0, 0.1) is 6.92 Å². The van der Waals surface area contributed by atoms with Gasteiger partial charge in [-0.3, -0.25) is 4.57 Å². The summed E-state index contributed by atoms with van der Waals surface area (Å²) in [5.41, 5.74) is 2.84. The van der Waals surface area contributed by atoms with Crippen molar-refractivity contribution in [2.45, 2.75) is 26.6 Å². The number of hydrogen-bond acceptors (Lipinski definition) is 4. The molecule has 0 radical (unpaired) electrons. The summed E-state index contributed by atoms with van der Waals surface area (Å²) in [4.78, 5) is 0. The molecule has 0 aliphatic rings. The molecule has 0 aromatic heterocycles. The van der Waals surface area contributed by atoms with E-state index in [1.807, 2.05) is 75.4 Å². The molecule has 23 heavy (non-hydrogen) atoms. The van der Waals surface area contributed by atoms with Gasteiger partial charge in [-0.2, -0.15) is 0 Å². The van der Waals surface area contributed by atoms with Crippen LogP contribution < -0.4 is 5.32 Å². The normalized spacial score (nSPS) is 12.8. The first-order valence-corrected chi connectivity index (χ1v) is 9.47. The summed E-state index contributed by atoms with van der Waals surface area (Å²) >= 11 is 0. The minimum Gasteiger partial charge on any atom is -0.368 e. The second-order valence-electron chi connectivity index (χ2n) is 5.14. The van der Waals surface area contributed by atoms with E-state index in [-0.39, 0.29) is 0 Å². The van der Waals surface area contributed by atoms with Gasteiger partial charge in [0.1, 0.15) is 0 Å². The van der Waals surface area contributed by atoms with Gasteiger partial charge in [-0.15, -0.1) is 0 Å². The molecule has 4 nitrogen and oxygen atoms in total. The van der Waals surface area contributed by atoms with Crippen LogP contribution in [0.25, 0.3) is 0 Å². The first kappa shape index (κ1) is 17.7. The lowest BCUT2D eigenvalue weighted by Crippen LogP contribution is -2.16. The number of hydrogen-bond donors (Lipinski definition) is 1. The van der Waals surface area contributed by atoms with Crippen molar-refractivity contribution in [3.8, 4) is 0 Å². The molecule has 2 aromatic rings. The fourth-order valence-electron chi connectivity index (χ4n) is 2.46. The maximum atomic E-state index is 13.4. The largest absolute Gasteiger partial charge is 0.368 e. The van der Waals surface area contributed by atoms with E-state index in [1.165, 1.54) is 0 Å². The van der Waals surface area contributed by atoms with Gasteiger partial charge >= 0.3 is 7.60 Å². The zero-order valence-electron chi connectivity index (χ0n) is 13.9. The number of para-hydroxylation sites is 1. The molecule has 0 amide bonds. The average molecular weight is 333 g/mol. The van der Waals surface area contributed by atoms with Crippen molar-refractivity contribution in [3.63, 3.8) is 0 Å². The van der Waals surface area contributed by atoms with E-state index in [1.54, 1.807) is 0 Å². The van der Waals surface area contributed by atoms with Crippen LogP contribution in [0.15, 0.2) is 54.6 Å². The molecule has 0 saturated carbocycles. The van der Waals surface area contributed by atoms with Crippen molar-refractivity contribution >= 4 is 13.3 Å². The number of nitrogens with one attached hydrogen (secondary N) is 1. The molecule has 0 spiro atoms. The number of rotatable bonds is 8. The van der Waals surface area contributed by atoms with E-state index in [0.717, 1.165) is 16.8 Å². The van der Waals surface area contributed by atoms with Gasteiger partial charge in [0.2, 0.25) is 0 Å². The van der Waals surface area contributed by atoms with Crippen LogP contribution in [0.2, 0.25) is 0 Å². The molecule has 2 rings (SSSR count). The van der Waals surface area contributed by atoms with Gasteiger partial charge in [-0.25, -0.2) is 0 Å². The molecule has 0 bridgehead atoms. The molecule has 0 aliphatic heterocycles. The third-order valence-corrected chi connectivity index (χ3v) is 5.77. The maximum absolute atomic E-state index is 13.4. The first-order valence-electron chi connectivity index (χ1n) is 7.86. The van der Waals surface area contributed by atoms with E-state index in [0.29, 0.717) is 13.2 Å². The SMILES string of the molecule is CCOP(=O)(OCC)[C@@H](Nc1ccccc1)c1ccccc1C. The van der Waals surface area contributed by atoms with Crippen LogP contribution in [0.1, 0.15) is 30.8 Å². The standard InChI is InChI=1S/C18H24NO3P/c1-4-21-23(20,22-5-2)18(17-14-10-9-11-15(17)3)19-16-12-7-6-8-13-16/h6-14,18-19H,4-5H2,1-3H3/t18-/m1/s1. The molecule has 0 aliphatic carbocycles. The molecular weight excluding hydrogens is 309 g/mol. The lowest BCUT2D eigenvalue weighted by molar-refractivity contribution is 0.214. The summed E-state index contributed by atoms with van der Waals surface area (Å²) < 4.78 is 24.5. The molecule has 0 saturated heterocycles. The summed E-state index contributed by atoms with van der Waals surface area (Å²) in [7, 11) is -3.35. The predicted octanol–water partition coefficient (Wildman–Crippen LogP) is 5.37. The quantitative estimate of drug-likeness (QED) is 0.660. The summed E-state index contributed by atoms with van der Waals surface area (Å²) in [5, 5.41) is 3.33. The Bertz CT molecular complexity index is 650. The molecular formula is C18H24NO3P. The van der Waals surface area contributed by atoms with Crippen LogP contribution in [0.4, 0.5) is 5.69 Å². The van der Waals surface area contributed by atoms with Gasteiger partial charge in [-0.05, 0) is 44.0 Å². The van der Waals surface area contributed by atoms with E-state index in [9.17, 15) is 4.57 Å². The highest BCUT2D eigenvalue weighted by molar-refractivity contribution is 7.54. The summed E-state index contributed by atoms with van der Waals surface area (Å²) in [6, 6.07) is 17.5. The van der Waals surface area contributed by atoms with Crippen molar-refractivity contribution in [2.24, 2.45) is 0 Å². The first-order chi connectivity index (χ1) is 11.1. The van der Waals surface area contributed by atoms with Crippen molar-refractivity contribution < 1.29 is 13.6 Å². The lowest BCUT2D eigenvalue weighted by atomic mass is 10.1. The lowest BCUT2D eigenvalue weighted by Gasteiger charge is -2.29. The molecule has 5 heteroatoms. The summed E-state index contributed by atoms with van der Waals surface area (Å²) in [6.07, 6.45) is 0. The molecule has 124 valence electrons. The Morgan fingerprint density at radius 2 is 1.52 bits per heavy atom. The van der Waals surface area contributed by atoms with Crippen molar-refractivity contribution in [3.05, 3.63) is 65.7 Å². The average Bonchev–Trinajstić information content (AvgIpc) is 2.55. The Morgan fingerprint density at radius 3 is 2.09 bits per heavy atom. The van der Waals surface area contributed by atoms with E-state index >= 15 is 0 Å². The predicted molar refractivity (Wildman–Crippen MR) is 94.8 cm³/mol. The van der Waals surface area contributed by atoms with Crippen molar-refractivity contribution in [2.75, 3.05) is 18.5 Å². The minimum absolute atomic E-state index is 0.329. The van der Waals surface area contributed by atoms with Crippen LogP contribution in [-0.2, 0) is 13.6 Å². The molecule has 0 unspecified atom stereocenters. The monoisotopic (exact) mass is 333 g/mol. The van der Waals surface area contributed by atoms with Gasteiger partial charge < -0.3 is 14.4 Å². The Kier molecular flexibility index (Phi) is 6.40. The molecule has 2 aromatic carbocycles. The molecule has 0 heterocycles. The van der Waals surface area contributed by atoms with E-state index in [4.69, 9.17) is 9.05 Å². The maximum Gasteiger partial charge on any atom is 0.357 e. The minimum atomic E-state index is -3.35. The van der Waals surface area contributed by atoms with E-state index in [2.05, 4.69) is 5.32 Å². The van der Waals surface area contributed by atoms with Crippen LogP contribution in [-0.4, -0.2) is 13.2 Å². The zero-order valence-corrected chi connectivity index (χ0v) is 14.8. The summed E-state index contributed by atoms with van der Waals surface area (Å²) in [5.74, 6) is -0.550. The highest BCUT2D eigenvalue weighted by Gasteiger charge is 2.37. The van der Waals surface area contributed by atoms with Crippen LogP contribution >= 0.6 is 7.60 Å². The molecule has 1 atom stereocenters. The zero-order chi connectivity index (χ0) is 16.7. The van der Waals surface area contributed by atoms with Gasteiger partial charge in [0, 0.05) is 5.69 Å². The Hall–Kier alpha value is -1.61. The van der Waals surface area contributed by atoms with Crippen molar-refractivity contribution in [1.82, 2.24) is 0 Å². The number of benzene rings is 2. The van der Waals surface area contributed by atoms with Gasteiger partial charge in [0.15, 0.2) is 5.78 Å². The second-order valence-corrected chi connectivity index (χ2v) is 7.26. The van der Waals surface area contributed by atoms with Gasteiger partial charge in [-0.1, -0.05) is 42.5 Å². The summed E-state index contributed by atoms with van der Waals surface area (Å²) in [6.45, 7) is 6.30. The van der Waals surface area contributed by atoms with Gasteiger partial charge in [0.05, 0.1) is 13.2 Å². The third-order valence-electron chi connectivity index (χ3n) is 3.49. The van der Waals surface area contributed by atoms with E-state index < -0.39 is 13.4 Å². The fraction of sp³-hybridized carbons (Fsp3) is 0.333. The highest BCUT2D eigenvalue weighted by atomic mass is 31.2. The number of anilines is 1. The number of aryl methyl sites for hydroxylation is 1. The van der Waals surface area contributed by atoms with Gasteiger partial charge in [0.25, 0.3) is 0 Å². The van der Waals surface area contributed by atoms with Crippen LogP contribution in [0.3, 0.4) is 0 Å². The molecule has 0 fully saturated rings.